The number of pyridine rings is 1. The SMILES string of the molecule is O[C@@H]1CO[C@H]2[C@@H]1OC[C@H]2Oc1nc2nc(NCc3c(F)cc(OC4COC4)cc3F)c(Cl)cc2[nH]1. The van der Waals surface area contributed by atoms with Gasteiger partial charge in [0, 0.05) is 24.2 Å². The van der Waals surface area contributed by atoms with Crippen LogP contribution in [0.3, 0.4) is 0 Å². The Morgan fingerprint density at radius 2 is 1.83 bits per heavy atom. The van der Waals surface area contributed by atoms with Crippen LogP contribution in [0, 0.1) is 11.6 Å². The van der Waals surface area contributed by atoms with Crippen LogP contribution in [0.4, 0.5) is 14.6 Å². The van der Waals surface area contributed by atoms with Gasteiger partial charge in [0.2, 0.25) is 0 Å². The summed E-state index contributed by atoms with van der Waals surface area (Å²) < 4.78 is 56.5. The van der Waals surface area contributed by atoms with E-state index in [9.17, 15) is 13.9 Å². The van der Waals surface area contributed by atoms with Crippen molar-refractivity contribution in [2.75, 3.05) is 31.7 Å². The van der Waals surface area contributed by atoms with Gasteiger partial charge in [-0.3, -0.25) is 0 Å². The van der Waals surface area contributed by atoms with E-state index in [1.54, 1.807) is 6.07 Å². The first kappa shape index (κ1) is 22.7. The van der Waals surface area contributed by atoms with Crippen LogP contribution in [-0.2, 0) is 20.8 Å². The van der Waals surface area contributed by atoms with Gasteiger partial charge in [-0.25, -0.2) is 13.8 Å². The molecule has 10 nitrogen and oxygen atoms in total. The lowest BCUT2D eigenvalue weighted by molar-refractivity contribution is -0.0798. The summed E-state index contributed by atoms with van der Waals surface area (Å²) in [6, 6.07) is 4.04. The first-order valence-electron chi connectivity index (χ1n) is 11.0. The largest absolute Gasteiger partial charge is 0.485 e. The quantitative estimate of drug-likeness (QED) is 0.439. The summed E-state index contributed by atoms with van der Waals surface area (Å²) in [5.74, 6) is -1.20. The van der Waals surface area contributed by atoms with Crippen LogP contribution < -0.4 is 14.8 Å². The molecule has 3 aliphatic heterocycles. The van der Waals surface area contributed by atoms with Crippen molar-refractivity contribution in [3.63, 3.8) is 0 Å². The Morgan fingerprint density at radius 1 is 1.06 bits per heavy atom. The number of hydrogen-bond acceptors (Lipinski definition) is 9. The Morgan fingerprint density at radius 3 is 2.57 bits per heavy atom. The summed E-state index contributed by atoms with van der Waals surface area (Å²) in [5.41, 5.74) is 0.625. The zero-order chi connectivity index (χ0) is 24.1. The van der Waals surface area contributed by atoms with Gasteiger partial charge in [0.05, 0.1) is 37.0 Å². The van der Waals surface area contributed by atoms with Gasteiger partial charge in [-0.15, -0.1) is 0 Å². The molecule has 6 rings (SSSR count). The maximum atomic E-state index is 14.5. The number of aliphatic hydroxyl groups is 1. The standard InChI is InChI=1S/C22H21ClF2N4O6/c23-12-3-15-21(29-22(27-15)35-17-8-33-18-16(30)7-32-19(17)18)28-20(12)26-4-11-13(24)1-9(2-14(11)25)34-10-5-31-6-10/h1-3,10,16-19,30H,4-8H2,(H2,26,27,28,29)/t16-,17-,18-,19-/m1/s1. The zero-order valence-corrected chi connectivity index (χ0v) is 18.9. The summed E-state index contributed by atoms with van der Waals surface area (Å²) in [5, 5.41) is 13.0. The lowest BCUT2D eigenvalue weighted by Gasteiger charge is -2.26. The highest BCUT2D eigenvalue weighted by Crippen LogP contribution is 2.31. The van der Waals surface area contributed by atoms with Crippen LogP contribution in [0.5, 0.6) is 11.8 Å². The van der Waals surface area contributed by atoms with Crippen molar-refractivity contribution in [1.29, 1.82) is 0 Å². The highest BCUT2D eigenvalue weighted by molar-refractivity contribution is 6.33. The van der Waals surface area contributed by atoms with E-state index in [0.29, 0.717) is 24.4 Å². The number of halogens is 3. The van der Waals surface area contributed by atoms with Crippen LogP contribution in [0.1, 0.15) is 5.56 Å². The Balaban J connectivity index is 1.15. The number of benzene rings is 1. The topological polar surface area (TPSA) is 120 Å². The molecule has 0 spiro atoms. The monoisotopic (exact) mass is 510 g/mol. The number of aromatic amines is 1. The molecule has 186 valence electrons. The summed E-state index contributed by atoms with van der Waals surface area (Å²) >= 11 is 6.32. The van der Waals surface area contributed by atoms with Gasteiger partial charge in [0.25, 0.3) is 6.01 Å². The number of aromatic nitrogens is 3. The molecule has 1 aromatic carbocycles. The number of nitrogens with zero attached hydrogens (tertiary/aromatic N) is 2. The molecule has 0 saturated carbocycles. The number of H-pyrrole nitrogens is 1. The minimum absolute atomic E-state index is 0.107. The molecule has 3 aliphatic rings. The highest BCUT2D eigenvalue weighted by atomic mass is 35.5. The average molecular weight is 511 g/mol. The molecule has 2 aromatic heterocycles. The average Bonchev–Trinajstić information content (AvgIpc) is 3.47. The summed E-state index contributed by atoms with van der Waals surface area (Å²) in [4.78, 5) is 11.6. The van der Waals surface area contributed by atoms with Crippen LogP contribution in [-0.4, -0.2) is 77.0 Å². The second-order valence-electron chi connectivity index (χ2n) is 8.55. The number of rotatable bonds is 7. The third kappa shape index (κ3) is 4.36. The molecule has 0 unspecified atom stereocenters. The molecular weight excluding hydrogens is 490 g/mol. The molecule has 0 amide bonds. The van der Waals surface area contributed by atoms with Crippen LogP contribution in [0.2, 0.25) is 5.02 Å². The number of anilines is 1. The molecule has 0 radical (unpaired) electrons. The molecule has 0 bridgehead atoms. The van der Waals surface area contributed by atoms with Crippen molar-refractivity contribution in [2.24, 2.45) is 0 Å². The molecular formula is C22H21ClF2N4O6. The van der Waals surface area contributed by atoms with Crippen molar-refractivity contribution in [3.8, 4) is 11.8 Å². The van der Waals surface area contributed by atoms with Gasteiger partial charge >= 0.3 is 0 Å². The molecule has 0 aliphatic carbocycles. The van der Waals surface area contributed by atoms with Crippen molar-refractivity contribution in [2.45, 2.75) is 37.1 Å². The molecule has 13 heteroatoms. The molecule has 5 heterocycles. The predicted octanol–water partition coefficient (Wildman–Crippen LogP) is 2.19. The van der Waals surface area contributed by atoms with E-state index in [-0.39, 0.29) is 54.0 Å². The van der Waals surface area contributed by atoms with E-state index in [0.717, 1.165) is 12.1 Å². The zero-order valence-electron chi connectivity index (χ0n) is 18.2. The molecule has 3 fully saturated rings. The fraction of sp³-hybridized carbons (Fsp3) is 0.455. The molecule has 3 N–H and O–H groups in total. The van der Waals surface area contributed by atoms with Crippen molar-refractivity contribution in [1.82, 2.24) is 15.0 Å². The summed E-state index contributed by atoms with van der Waals surface area (Å²) in [7, 11) is 0. The van der Waals surface area contributed by atoms with Crippen molar-refractivity contribution < 1.29 is 37.6 Å². The fourth-order valence-corrected chi connectivity index (χ4v) is 4.45. The van der Waals surface area contributed by atoms with Gasteiger partial charge in [-0.1, -0.05) is 11.6 Å². The van der Waals surface area contributed by atoms with E-state index in [1.165, 1.54) is 0 Å². The van der Waals surface area contributed by atoms with Gasteiger partial charge in [-0.05, 0) is 6.07 Å². The minimum Gasteiger partial charge on any atom is -0.485 e. The Hall–Kier alpha value is -2.77. The lowest BCUT2D eigenvalue weighted by atomic mass is 10.1. The maximum absolute atomic E-state index is 14.5. The van der Waals surface area contributed by atoms with E-state index >= 15 is 0 Å². The third-order valence-electron chi connectivity index (χ3n) is 6.11. The second-order valence-corrected chi connectivity index (χ2v) is 8.96. The van der Waals surface area contributed by atoms with E-state index in [1.807, 2.05) is 0 Å². The van der Waals surface area contributed by atoms with E-state index in [2.05, 4.69) is 20.3 Å². The van der Waals surface area contributed by atoms with Gasteiger partial charge in [0.15, 0.2) is 11.8 Å². The molecule has 35 heavy (non-hydrogen) atoms. The first-order chi connectivity index (χ1) is 16.9. The number of aliphatic hydroxyl groups excluding tert-OH is 1. The maximum Gasteiger partial charge on any atom is 0.296 e. The Labute approximate surface area is 202 Å². The number of hydrogen-bond donors (Lipinski definition) is 3. The van der Waals surface area contributed by atoms with Crippen LogP contribution in [0.15, 0.2) is 18.2 Å². The summed E-state index contributed by atoms with van der Waals surface area (Å²) in [6.07, 6.45) is -2.15. The van der Waals surface area contributed by atoms with Gasteiger partial charge < -0.3 is 39.1 Å². The van der Waals surface area contributed by atoms with Gasteiger partial charge in [-0.2, -0.15) is 4.98 Å². The Bertz CT molecular complexity index is 1240. The number of fused-ring (bicyclic) bond motifs is 2. The van der Waals surface area contributed by atoms with E-state index < -0.39 is 36.1 Å². The second kappa shape index (κ2) is 9.03. The fourth-order valence-electron chi connectivity index (χ4n) is 4.23. The number of imidazole rings is 1. The normalized spacial score (nSPS) is 26.1. The molecule has 4 atom stereocenters. The molecule has 3 saturated heterocycles. The number of ether oxygens (including phenoxy) is 5. The van der Waals surface area contributed by atoms with Crippen LogP contribution in [0.25, 0.3) is 11.2 Å². The van der Waals surface area contributed by atoms with E-state index in [4.69, 9.17) is 35.3 Å². The number of nitrogens with one attached hydrogen (secondary N) is 2. The Kier molecular flexibility index (Phi) is 5.85. The predicted molar refractivity (Wildman–Crippen MR) is 118 cm³/mol. The molecule has 3 aromatic rings. The van der Waals surface area contributed by atoms with Crippen molar-refractivity contribution >= 4 is 28.6 Å². The highest BCUT2D eigenvalue weighted by Gasteiger charge is 2.48. The van der Waals surface area contributed by atoms with Crippen molar-refractivity contribution in [3.05, 3.63) is 40.4 Å². The van der Waals surface area contributed by atoms with Gasteiger partial charge in [0.1, 0.15) is 47.6 Å². The van der Waals surface area contributed by atoms with Crippen LogP contribution >= 0.6 is 11.6 Å². The first-order valence-corrected chi connectivity index (χ1v) is 11.4. The minimum atomic E-state index is -0.753. The lowest BCUT2D eigenvalue weighted by Crippen LogP contribution is -2.38. The smallest absolute Gasteiger partial charge is 0.296 e. The summed E-state index contributed by atoms with van der Waals surface area (Å²) in [6.45, 7) is 1.03. The third-order valence-corrected chi connectivity index (χ3v) is 6.40.